The van der Waals surface area contributed by atoms with Crippen molar-refractivity contribution in [3.05, 3.63) is 48.3 Å². The third kappa shape index (κ3) is 4.74. The van der Waals surface area contributed by atoms with Crippen LogP contribution < -0.4 is 15.4 Å². The monoisotopic (exact) mass is 316 g/mol. The predicted molar refractivity (Wildman–Crippen MR) is 89.4 cm³/mol. The van der Waals surface area contributed by atoms with E-state index in [9.17, 15) is 4.79 Å². The molecule has 6 nitrogen and oxygen atoms in total. The summed E-state index contributed by atoms with van der Waals surface area (Å²) in [7, 11) is 1.63. The lowest BCUT2D eigenvalue weighted by molar-refractivity contribution is 0.229. The van der Waals surface area contributed by atoms with Crippen LogP contribution in [-0.4, -0.2) is 29.5 Å². The second-order valence-electron chi connectivity index (χ2n) is 5.83. The minimum atomic E-state index is -0.529. The molecule has 0 aliphatic carbocycles. The maximum absolute atomic E-state index is 12.1. The van der Waals surface area contributed by atoms with Crippen molar-refractivity contribution in [2.45, 2.75) is 32.4 Å². The Morgan fingerprint density at radius 3 is 2.78 bits per heavy atom. The summed E-state index contributed by atoms with van der Waals surface area (Å²) >= 11 is 0. The summed E-state index contributed by atoms with van der Waals surface area (Å²) in [5.41, 5.74) is 0.410. The minimum absolute atomic E-state index is 0.193. The Bertz CT molecular complexity index is 623. The molecule has 0 saturated carbocycles. The Morgan fingerprint density at radius 1 is 1.30 bits per heavy atom. The second kappa shape index (κ2) is 7.67. The normalized spacial score (nSPS) is 11.1. The molecule has 0 saturated heterocycles. The molecule has 0 fully saturated rings. The average Bonchev–Trinajstić information content (AvgIpc) is 3.04. The van der Waals surface area contributed by atoms with Gasteiger partial charge in [-0.15, -0.1) is 0 Å². The van der Waals surface area contributed by atoms with Crippen LogP contribution in [0.15, 0.2) is 42.7 Å². The lowest BCUT2D eigenvalue weighted by Crippen LogP contribution is -2.46. The van der Waals surface area contributed by atoms with Gasteiger partial charge in [0, 0.05) is 31.0 Å². The lowest BCUT2D eigenvalue weighted by atomic mass is 9.93. The number of ether oxygens (including phenoxy) is 1. The van der Waals surface area contributed by atoms with Gasteiger partial charge >= 0.3 is 6.03 Å². The van der Waals surface area contributed by atoms with Gasteiger partial charge in [0.2, 0.25) is 0 Å². The third-order valence-electron chi connectivity index (χ3n) is 3.62. The molecule has 6 heteroatoms. The first-order valence-electron chi connectivity index (χ1n) is 7.70. The topological polar surface area (TPSA) is 68.2 Å². The van der Waals surface area contributed by atoms with Crippen molar-refractivity contribution in [3.8, 4) is 5.75 Å². The fourth-order valence-electron chi connectivity index (χ4n) is 2.43. The summed E-state index contributed by atoms with van der Waals surface area (Å²) in [4.78, 5) is 12.1. The maximum atomic E-state index is 12.1. The fraction of sp³-hybridized carbons (Fsp3) is 0.412. The van der Waals surface area contributed by atoms with Gasteiger partial charge in [0.1, 0.15) is 5.75 Å². The largest absolute Gasteiger partial charge is 0.496 e. The number of hydrogen-bond acceptors (Lipinski definition) is 3. The number of urea groups is 1. The quantitative estimate of drug-likeness (QED) is 0.771. The number of hydrogen-bond donors (Lipinski definition) is 2. The number of amides is 2. The Labute approximate surface area is 136 Å². The highest BCUT2D eigenvalue weighted by Crippen LogP contribution is 2.29. The van der Waals surface area contributed by atoms with E-state index in [-0.39, 0.29) is 6.03 Å². The molecule has 0 unspecified atom stereocenters. The highest BCUT2D eigenvalue weighted by Gasteiger charge is 2.25. The van der Waals surface area contributed by atoms with E-state index in [1.807, 2.05) is 55.1 Å². The van der Waals surface area contributed by atoms with Gasteiger partial charge in [-0.05, 0) is 32.4 Å². The fourth-order valence-corrected chi connectivity index (χ4v) is 2.43. The number of nitrogens with one attached hydrogen (secondary N) is 2. The molecule has 2 amide bonds. The molecule has 1 heterocycles. The highest BCUT2D eigenvalue weighted by molar-refractivity contribution is 5.75. The van der Waals surface area contributed by atoms with E-state index < -0.39 is 5.54 Å². The summed E-state index contributed by atoms with van der Waals surface area (Å²) in [6, 6.07) is 9.38. The van der Waals surface area contributed by atoms with Crippen LogP contribution in [0.25, 0.3) is 0 Å². The van der Waals surface area contributed by atoms with E-state index in [1.54, 1.807) is 13.3 Å². The van der Waals surface area contributed by atoms with Crippen molar-refractivity contribution in [1.82, 2.24) is 20.4 Å². The number of para-hydroxylation sites is 1. The first-order valence-corrected chi connectivity index (χ1v) is 7.70. The van der Waals surface area contributed by atoms with E-state index in [2.05, 4.69) is 15.7 Å². The molecule has 0 aliphatic rings. The minimum Gasteiger partial charge on any atom is -0.496 e. The summed E-state index contributed by atoms with van der Waals surface area (Å²) in [6.07, 6.45) is 4.48. The van der Waals surface area contributed by atoms with Gasteiger partial charge in [-0.3, -0.25) is 4.68 Å². The standard InChI is InChI=1S/C17H24N4O2/c1-17(2,14-8-4-5-9-15(14)23-3)20-16(22)18-10-6-12-21-13-7-11-19-21/h4-5,7-9,11,13H,6,10,12H2,1-3H3,(H2,18,20,22). The molecule has 0 bridgehead atoms. The smallest absolute Gasteiger partial charge is 0.315 e. The molecule has 23 heavy (non-hydrogen) atoms. The summed E-state index contributed by atoms with van der Waals surface area (Å²) in [5, 5.41) is 9.99. The van der Waals surface area contributed by atoms with Crippen LogP contribution in [0.2, 0.25) is 0 Å². The number of carbonyl (C=O) groups is 1. The van der Waals surface area contributed by atoms with Crippen LogP contribution in [-0.2, 0) is 12.1 Å². The summed E-state index contributed by atoms with van der Waals surface area (Å²) in [6.45, 7) is 5.28. The average molecular weight is 316 g/mol. The van der Waals surface area contributed by atoms with Crippen molar-refractivity contribution < 1.29 is 9.53 Å². The van der Waals surface area contributed by atoms with Gasteiger partial charge in [0.25, 0.3) is 0 Å². The van der Waals surface area contributed by atoms with E-state index >= 15 is 0 Å². The first kappa shape index (κ1) is 16.9. The number of methoxy groups -OCH3 is 1. The molecule has 1 aromatic carbocycles. The predicted octanol–water partition coefficient (Wildman–Crippen LogP) is 2.52. The Balaban J connectivity index is 1.83. The van der Waals surface area contributed by atoms with E-state index in [0.29, 0.717) is 6.54 Å². The molecule has 124 valence electrons. The van der Waals surface area contributed by atoms with Gasteiger partial charge in [-0.1, -0.05) is 18.2 Å². The number of nitrogens with zero attached hydrogens (tertiary/aromatic N) is 2. The van der Waals surface area contributed by atoms with Crippen LogP contribution in [0.5, 0.6) is 5.75 Å². The van der Waals surface area contributed by atoms with Crippen molar-refractivity contribution >= 4 is 6.03 Å². The van der Waals surface area contributed by atoms with E-state index in [1.165, 1.54) is 0 Å². The number of rotatable bonds is 7. The number of benzene rings is 1. The zero-order valence-electron chi connectivity index (χ0n) is 13.9. The molecule has 1 aromatic heterocycles. The van der Waals surface area contributed by atoms with Crippen molar-refractivity contribution in [2.24, 2.45) is 0 Å². The number of aromatic nitrogens is 2. The first-order chi connectivity index (χ1) is 11.0. The van der Waals surface area contributed by atoms with Gasteiger partial charge in [0.05, 0.1) is 12.6 Å². The van der Waals surface area contributed by atoms with Crippen LogP contribution in [0.1, 0.15) is 25.8 Å². The summed E-state index contributed by atoms with van der Waals surface area (Å²) < 4.78 is 7.22. The molecular weight excluding hydrogens is 292 g/mol. The molecular formula is C17H24N4O2. The third-order valence-corrected chi connectivity index (χ3v) is 3.62. The maximum Gasteiger partial charge on any atom is 0.315 e. The number of aryl methyl sites for hydroxylation is 1. The molecule has 0 aliphatic heterocycles. The van der Waals surface area contributed by atoms with Gasteiger partial charge in [0.15, 0.2) is 0 Å². The van der Waals surface area contributed by atoms with Crippen molar-refractivity contribution in [1.29, 1.82) is 0 Å². The Morgan fingerprint density at radius 2 is 2.09 bits per heavy atom. The van der Waals surface area contributed by atoms with Gasteiger partial charge in [-0.2, -0.15) is 5.10 Å². The highest BCUT2D eigenvalue weighted by atomic mass is 16.5. The van der Waals surface area contributed by atoms with Crippen LogP contribution >= 0.6 is 0 Å². The van der Waals surface area contributed by atoms with Crippen LogP contribution in [0, 0.1) is 0 Å². The molecule has 2 N–H and O–H groups in total. The summed E-state index contributed by atoms with van der Waals surface area (Å²) in [5.74, 6) is 0.761. The van der Waals surface area contributed by atoms with E-state index in [0.717, 1.165) is 24.3 Å². The zero-order chi connectivity index (χ0) is 16.7. The van der Waals surface area contributed by atoms with Crippen molar-refractivity contribution in [2.75, 3.05) is 13.7 Å². The molecule has 2 rings (SSSR count). The Kier molecular flexibility index (Phi) is 5.62. The Hall–Kier alpha value is -2.50. The molecule has 0 radical (unpaired) electrons. The lowest BCUT2D eigenvalue weighted by Gasteiger charge is -2.28. The molecule has 0 spiro atoms. The van der Waals surface area contributed by atoms with Gasteiger partial charge < -0.3 is 15.4 Å². The van der Waals surface area contributed by atoms with Crippen LogP contribution in [0.3, 0.4) is 0 Å². The molecule has 2 aromatic rings. The second-order valence-corrected chi connectivity index (χ2v) is 5.83. The number of carbonyl (C=O) groups excluding carboxylic acids is 1. The molecule has 0 atom stereocenters. The van der Waals surface area contributed by atoms with Crippen LogP contribution in [0.4, 0.5) is 4.79 Å². The van der Waals surface area contributed by atoms with Crippen molar-refractivity contribution in [3.63, 3.8) is 0 Å². The SMILES string of the molecule is COc1ccccc1C(C)(C)NC(=O)NCCCn1cccn1. The zero-order valence-corrected chi connectivity index (χ0v) is 13.9. The van der Waals surface area contributed by atoms with E-state index in [4.69, 9.17) is 4.74 Å². The van der Waals surface area contributed by atoms with Gasteiger partial charge in [-0.25, -0.2) is 4.79 Å².